The molecular formula is C10H13N5O4S. The molecule has 0 fully saturated rings. The Balaban J connectivity index is 2.40. The van der Waals surface area contributed by atoms with Gasteiger partial charge >= 0.3 is 5.69 Å². The van der Waals surface area contributed by atoms with E-state index in [4.69, 9.17) is 0 Å². The van der Waals surface area contributed by atoms with Crippen LogP contribution in [0, 0.1) is 0 Å². The number of hydrogen-bond acceptors (Lipinski definition) is 5. The van der Waals surface area contributed by atoms with E-state index < -0.39 is 26.2 Å². The summed E-state index contributed by atoms with van der Waals surface area (Å²) >= 11 is 0. The summed E-state index contributed by atoms with van der Waals surface area (Å²) in [5, 5.41) is 0. The van der Waals surface area contributed by atoms with Gasteiger partial charge in [-0.2, -0.15) is 0 Å². The van der Waals surface area contributed by atoms with Crippen LogP contribution in [0.25, 0.3) is 0 Å². The van der Waals surface area contributed by atoms with Gasteiger partial charge < -0.3 is 9.55 Å². The molecule has 2 rings (SSSR count). The summed E-state index contributed by atoms with van der Waals surface area (Å²) in [5.41, 5.74) is -0.914. The predicted molar refractivity (Wildman–Crippen MR) is 69.5 cm³/mol. The molecule has 2 heterocycles. The van der Waals surface area contributed by atoms with E-state index in [0.29, 0.717) is 5.69 Å². The van der Waals surface area contributed by atoms with Crippen LogP contribution >= 0.6 is 0 Å². The van der Waals surface area contributed by atoms with Crippen LogP contribution in [0.15, 0.2) is 33.2 Å². The smallest absolute Gasteiger partial charge is 0.330 e. The first-order chi connectivity index (χ1) is 9.33. The average molecular weight is 299 g/mol. The van der Waals surface area contributed by atoms with Gasteiger partial charge in [-0.3, -0.25) is 9.36 Å². The highest BCUT2D eigenvalue weighted by molar-refractivity contribution is 7.89. The second kappa shape index (κ2) is 5.06. The number of sulfonamides is 1. The number of imidazole rings is 1. The van der Waals surface area contributed by atoms with Crippen molar-refractivity contribution in [1.29, 1.82) is 0 Å². The summed E-state index contributed by atoms with van der Waals surface area (Å²) in [4.78, 5) is 29.4. The molecule has 2 N–H and O–H groups in total. The number of nitrogens with one attached hydrogen (secondary N) is 2. The molecule has 0 bridgehead atoms. The largest absolute Gasteiger partial charge is 0.347 e. The van der Waals surface area contributed by atoms with Crippen LogP contribution in [0.5, 0.6) is 0 Å². The molecule has 20 heavy (non-hydrogen) atoms. The number of nitrogens with zero attached hydrogens (tertiary/aromatic N) is 3. The number of aryl methyl sites for hydroxylation is 1. The fourth-order valence-electron chi connectivity index (χ4n) is 1.59. The first-order valence-electron chi connectivity index (χ1n) is 5.56. The number of aromatic amines is 1. The van der Waals surface area contributed by atoms with Gasteiger partial charge in [0.15, 0.2) is 4.90 Å². The van der Waals surface area contributed by atoms with Crippen LogP contribution in [-0.4, -0.2) is 27.5 Å². The van der Waals surface area contributed by atoms with E-state index in [2.05, 4.69) is 14.7 Å². The molecule has 2 aromatic rings. The second-order valence-electron chi connectivity index (χ2n) is 4.15. The summed E-state index contributed by atoms with van der Waals surface area (Å²) in [5.74, 6) is 0. The maximum atomic E-state index is 12.1. The lowest BCUT2D eigenvalue weighted by molar-refractivity contribution is 0.570. The van der Waals surface area contributed by atoms with Gasteiger partial charge in [0.2, 0.25) is 10.0 Å². The second-order valence-corrected chi connectivity index (χ2v) is 5.89. The Kier molecular flexibility index (Phi) is 3.59. The Labute approximate surface area is 114 Å². The molecule has 0 radical (unpaired) electrons. The van der Waals surface area contributed by atoms with Crippen molar-refractivity contribution >= 4 is 10.0 Å². The third-order valence-electron chi connectivity index (χ3n) is 2.71. The highest BCUT2D eigenvalue weighted by Crippen LogP contribution is 2.01. The van der Waals surface area contributed by atoms with Crippen molar-refractivity contribution in [2.75, 3.05) is 0 Å². The molecular weight excluding hydrogens is 286 g/mol. The molecule has 0 aromatic carbocycles. The summed E-state index contributed by atoms with van der Waals surface area (Å²) in [6.07, 6.45) is 3.87. The summed E-state index contributed by atoms with van der Waals surface area (Å²) in [7, 11) is -1.43. The average Bonchev–Trinajstić information content (AvgIpc) is 2.91. The van der Waals surface area contributed by atoms with Crippen molar-refractivity contribution in [2.24, 2.45) is 14.1 Å². The van der Waals surface area contributed by atoms with Crippen LogP contribution < -0.4 is 16.0 Å². The van der Waals surface area contributed by atoms with Crippen molar-refractivity contribution in [3.05, 3.63) is 45.3 Å². The zero-order valence-corrected chi connectivity index (χ0v) is 11.6. The monoisotopic (exact) mass is 299 g/mol. The summed E-state index contributed by atoms with van der Waals surface area (Å²) < 4.78 is 28.2. The zero-order chi connectivity index (χ0) is 14.9. The molecule has 0 aliphatic rings. The molecule has 0 saturated heterocycles. The standard InChI is InChI=1S/C10H13N5O4S/c1-14-5-8(9(16)15(2)10(14)17)20(18,19)13-4-7-3-11-6-12-7/h3,5-6,13H,4H2,1-2H3,(H,11,12). The number of aromatic nitrogens is 4. The zero-order valence-electron chi connectivity index (χ0n) is 10.8. The van der Waals surface area contributed by atoms with Gasteiger partial charge in [-0.05, 0) is 0 Å². The van der Waals surface area contributed by atoms with E-state index >= 15 is 0 Å². The third kappa shape index (κ3) is 2.56. The molecule has 0 saturated carbocycles. The predicted octanol–water partition coefficient (Wildman–Crippen LogP) is -1.71. The van der Waals surface area contributed by atoms with Gasteiger partial charge in [-0.1, -0.05) is 0 Å². The van der Waals surface area contributed by atoms with Crippen LogP contribution in [0.3, 0.4) is 0 Å². The van der Waals surface area contributed by atoms with Gasteiger partial charge in [0, 0.05) is 32.2 Å². The maximum Gasteiger partial charge on any atom is 0.330 e. The van der Waals surface area contributed by atoms with E-state index in [1.54, 1.807) is 0 Å². The van der Waals surface area contributed by atoms with Crippen molar-refractivity contribution < 1.29 is 8.42 Å². The Morgan fingerprint density at radius 1 is 1.35 bits per heavy atom. The topological polar surface area (TPSA) is 119 Å². The van der Waals surface area contributed by atoms with Gasteiger partial charge in [-0.15, -0.1) is 0 Å². The third-order valence-corrected chi connectivity index (χ3v) is 4.10. The quantitative estimate of drug-likeness (QED) is 0.696. The Hall–Kier alpha value is -2.20. The Morgan fingerprint density at radius 2 is 2.05 bits per heavy atom. The van der Waals surface area contributed by atoms with E-state index in [1.165, 1.54) is 26.6 Å². The molecule has 0 aliphatic carbocycles. The highest BCUT2D eigenvalue weighted by atomic mass is 32.2. The van der Waals surface area contributed by atoms with Gasteiger partial charge in [0.1, 0.15) is 0 Å². The van der Waals surface area contributed by atoms with E-state index in [9.17, 15) is 18.0 Å². The Bertz CT molecular complexity index is 832. The van der Waals surface area contributed by atoms with Gasteiger partial charge in [-0.25, -0.2) is 22.9 Å². The molecule has 0 unspecified atom stereocenters. The fourth-order valence-corrected chi connectivity index (χ4v) is 2.76. The van der Waals surface area contributed by atoms with Crippen LogP contribution in [0.2, 0.25) is 0 Å². The van der Waals surface area contributed by atoms with E-state index in [1.807, 2.05) is 0 Å². The molecule has 2 aromatic heterocycles. The number of rotatable bonds is 4. The number of hydrogen-bond donors (Lipinski definition) is 2. The lowest BCUT2D eigenvalue weighted by atomic mass is 10.5. The van der Waals surface area contributed by atoms with Gasteiger partial charge in [0.25, 0.3) is 5.56 Å². The first-order valence-corrected chi connectivity index (χ1v) is 7.05. The van der Waals surface area contributed by atoms with Crippen molar-refractivity contribution in [2.45, 2.75) is 11.4 Å². The molecule has 108 valence electrons. The highest BCUT2D eigenvalue weighted by Gasteiger charge is 2.21. The fraction of sp³-hybridized carbons (Fsp3) is 0.300. The molecule has 10 heteroatoms. The van der Waals surface area contributed by atoms with E-state index in [-0.39, 0.29) is 6.54 Å². The minimum atomic E-state index is -4.02. The van der Waals surface area contributed by atoms with Crippen LogP contribution in [0.4, 0.5) is 0 Å². The number of H-pyrrole nitrogens is 1. The molecule has 0 aliphatic heterocycles. The Morgan fingerprint density at radius 3 is 2.65 bits per heavy atom. The summed E-state index contributed by atoms with van der Waals surface area (Å²) in [6.45, 7) is -0.0334. The normalized spacial score (nSPS) is 11.7. The van der Waals surface area contributed by atoms with Crippen molar-refractivity contribution in [3.8, 4) is 0 Å². The van der Waals surface area contributed by atoms with Crippen LogP contribution in [0.1, 0.15) is 5.69 Å². The summed E-state index contributed by atoms with van der Waals surface area (Å²) in [6, 6.07) is 0. The molecule has 0 spiro atoms. The molecule has 0 amide bonds. The molecule has 9 nitrogen and oxygen atoms in total. The minimum Gasteiger partial charge on any atom is -0.347 e. The van der Waals surface area contributed by atoms with E-state index in [0.717, 1.165) is 15.3 Å². The van der Waals surface area contributed by atoms with Crippen molar-refractivity contribution in [1.82, 2.24) is 23.8 Å². The SMILES string of the molecule is Cn1cc(S(=O)(=O)NCc2cnc[nH]2)c(=O)n(C)c1=O. The lowest BCUT2D eigenvalue weighted by Gasteiger charge is -2.08. The lowest BCUT2D eigenvalue weighted by Crippen LogP contribution is -2.41. The van der Waals surface area contributed by atoms with Gasteiger partial charge in [0.05, 0.1) is 12.9 Å². The molecule has 0 atom stereocenters. The minimum absolute atomic E-state index is 0.0334. The first kappa shape index (κ1) is 14.2. The maximum absolute atomic E-state index is 12.1. The van der Waals surface area contributed by atoms with Crippen LogP contribution in [-0.2, 0) is 30.7 Å². The van der Waals surface area contributed by atoms with Crippen molar-refractivity contribution in [3.63, 3.8) is 0 Å².